The summed E-state index contributed by atoms with van der Waals surface area (Å²) in [5.41, 5.74) is 5.95. The number of pyridine rings is 2. The minimum atomic E-state index is -1.02. The zero-order chi connectivity index (χ0) is 23.1. The van der Waals surface area contributed by atoms with Gasteiger partial charge in [0.25, 0.3) is 0 Å². The van der Waals surface area contributed by atoms with Gasteiger partial charge in [-0.15, -0.1) is 0 Å². The molecular weight excluding hydrogens is 432 g/mol. The number of hydrogen-bond acceptors (Lipinski definition) is 7. The van der Waals surface area contributed by atoms with Crippen molar-refractivity contribution in [2.75, 3.05) is 36.5 Å². The van der Waals surface area contributed by atoms with Crippen LogP contribution in [0.25, 0.3) is 16.8 Å². The molecule has 9 nitrogen and oxygen atoms in total. The van der Waals surface area contributed by atoms with Crippen LogP contribution in [0.4, 0.5) is 17.2 Å². The monoisotopic (exact) mass is 454 g/mol. The van der Waals surface area contributed by atoms with Crippen LogP contribution in [0, 0.1) is 0 Å². The number of ether oxygens (including phenoxy) is 1. The number of aliphatic imine (C=N–C) groups is 1. The normalized spacial score (nSPS) is 15.0. The molecule has 0 aliphatic carbocycles. The first kappa shape index (κ1) is 20.4. The molecule has 170 valence electrons. The Morgan fingerprint density at radius 1 is 1.09 bits per heavy atom. The number of imidazole rings is 1. The van der Waals surface area contributed by atoms with Gasteiger partial charge in [-0.25, -0.2) is 14.8 Å². The van der Waals surface area contributed by atoms with Crippen LogP contribution in [-0.2, 0) is 11.3 Å². The summed E-state index contributed by atoms with van der Waals surface area (Å²) < 4.78 is 7.03. The van der Waals surface area contributed by atoms with Crippen molar-refractivity contribution >= 4 is 35.0 Å². The summed E-state index contributed by atoms with van der Waals surface area (Å²) >= 11 is 0. The predicted molar refractivity (Wildman–Crippen MR) is 129 cm³/mol. The van der Waals surface area contributed by atoms with Crippen molar-refractivity contribution in [3.8, 4) is 11.1 Å². The van der Waals surface area contributed by atoms with Gasteiger partial charge in [0.1, 0.15) is 11.5 Å². The predicted octanol–water partition coefficient (Wildman–Crippen LogP) is 3.61. The maximum atomic E-state index is 12.3. The van der Waals surface area contributed by atoms with Crippen LogP contribution in [-0.4, -0.2) is 58.0 Å². The van der Waals surface area contributed by atoms with Crippen LogP contribution >= 0.6 is 0 Å². The zero-order valence-corrected chi connectivity index (χ0v) is 18.3. The average molecular weight is 454 g/mol. The first-order chi connectivity index (χ1) is 16.7. The van der Waals surface area contributed by atoms with E-state index < -0.39 is 5.97 Å². The summed E-state index contributed by atoms with van der Waals surface area (Å²) in [6, 6.07) is 11.7. The number of anilines is 3. The van der Waals surface area contributed by atoms with E-state index in [1.54, 1.807) is 16.8 Å². The topological polar surface area (TPSA) is 104 Å². The standard InChI is InChI=1S/C25H22N6O3/c32-25(33)23-20(16-1-2-17-13-26-14-18(17)11-16)12-21(24-27-5-6-31(23)24)29-22-4-3-19(15-28-22)30-7-9-34-10-8-30/h1-6,11-13,15H,7-10,14H2,(H,28,29)(H,32,33). The Balaban J connectivity index is 1.40. The SMILES string of the molecule is O=C(O)c1c(-c2ccc3c(c2)CN=C3)cc(Nc2ccc(N3CCOCC3)cn2)c2nccn12. The molecule has 1 saturated heterocycles. The van der Waals surface area contributed by atoms with Gasteiger partial charge in [-0.1, -0.05) is 12.1 Å². The quantitative estimate of drug-likeness (QED) is 0.475. The van der Waals surface area contributed by atoms with E-state index in [1.165, 1.54) is 0 Å². The fourth-order valence-electron chi connectivity index (χ4n) is 4.51. The number of carbonyl (C=O) groups is 1. The summed E-state index contributed by atoms with van der Waals surface area (Å²) in [5, 5.41) is 13.4. The molecule has 2 N–H and O–H groups in total. The highest BCUT2D eigenvalue weighted by Crippen LogP contribution is 2.33. The van der Waals surface area contributed by atoms with Crippen molar-refractivity contribution in [1.29, 1.82) is 0 Å². The number of carboxylic acid groups (broad SMARTS) is 1. The van der Waals surface area contributed by atoms with Crippen LogP contribution in [0.5, 0.6) is 0 Å². The Kier molecular flexibility index (Phi) is 4.96. The van der Waals surface area contributed by atoms with Gasteiger partial charge in [-0.05, 0) is 41.0 Å². The van der Waals surface area contributed by atoms with Crippen LogP contribution in [0.3, 0.4) is 0 Å². The van der Waals surface area contributed by atoms with E-state index in [1.807, 2.05) is 48.8 Å². The second-order valence-electron chi connectivity index (χ2n) is 8.26. The number of rotatable bonds is 5. The molecule has 0 unspecified atom stereocenters. The van der Waals surface area contributed by atoms with Crippen molar-refractivity contribution in [1.82, 2.24) is 14.4 Å². The number of carboxylic acids is 1. The number of hydrogen-bond donors (Lipinski definition) is 2. The fraction of sp³-hybridized carbons (Fsp3) is 0.200. The van der Waals surface area contributed by atoms with E-state index in [0.717, 1.165) is 35.5 Å². The lowest BCUT2D eigenvalue weighted by molar-refractivity contribution is 0.0690. The molecule has 2 aliphatic rings. The van der Waals surface area contributed by atoms with Crippen molar-refractivity contribution in [2.45, 2.75) is 6.54 Å². The van der Waals surface area contributed by atoms with Crippen molar-refractivity contribution in [3.63, 3.8) is 0 Å². The minimum Gasteiger partial charge on any atom is -0.477 e. The van der Waals surface area contributed by atoms with E-state index in [9.17, 15) is 9.90 Å². The summed E-state index contributed by atoms with van der Waals surface area (Å²) in [6.07, 6.45) is 6.94. The third kappa shape index (κ3) is 3.56. The van der Waals surface area contributed by atoms with Crippen LogP contribution in [0.1, 0.15) is 21.6 Å². The first-order valence-corrected chi connectivity index (χ1v) is 11.1. The molecule has 4 aromatic rings. The molecule has 0 saturated carbocycles. The summed E-state index contributed by atoms with van der Waals surface area (Å²) in [7, 11) is 0. The van der Waals surface area contributed by atoms with E-state index in [2.05, 4.69) is 25.2 Å². The van der Waals surface area contributed by atoms with E-state index in [0.29, 0.717) is 42.5 Å². The molecule has 5 heterocycles. The van der Waals surface area contributed by atoms with E-state index in [-0.39, 0.29) is 5.69 Å². The lowest BCUT2D eigenvalue weighted by Crippen LogP contribution is -2.36. The second-order valence-corrected chi connectivity index (χ2v) is 8.26. The maximum Gasteiger partial charge on any atom is 0.353 e. The summed E-state index contributed by atoms with van der Waals surface area (Å²) in [5.74, 6) is -0.368. The van der Waals surface area contributed by atoms with Gasteiger partial charge in [0.2, 0.25) is 0 Å². The lowest BCUT2D eigenvalue weighted by atomic mass is 9.98. The second kappa shape index (κ2) is 8.27. The number of aromatic carboxylic acids is 1. The lowest BCUT2D eigenvalue weighted by Gasteiger charge is -2.28. The fourth-order valence-corrected chi connectivity index (χ4v) is 4.51. The molecule has 0 bridgehead atoms. The Morgan fingerprint density at radius 2 is 1.97 bits per heavy atom. The molecule has 0 radical (unpaired) electrons. The van der Waals surface area contributed by atoms with Gasteiger partial charge < -0.3 is 20.1 Å². The Hall–Kier alpha value is -4.24. The van der Waals surface area contributed by atoms with Gasteiger partial charge in [0.05, 0.1) is 37.3 Å². The van der Waals surface area contributed by atoms with Gasteiger partial charge in [0.15, 0.2) is 5.65 Å². The molecule has 6 rings (SSSR count). The van der Waals surface area contributed by atoms with E-state index >= 15 is 0 Å². The highest BCUT2D eigenvalue weighted by Gasteiger charge is 2.21. The van der Waals surface area contributed by atoms with Gasteiger partial charge in [0, 0.05) is 37.3 Å². The summed E-state index contributed by atoms with van der Waals surface area (Å²) in [4.78, 5) is 27.8. The summed E-state index contributed by atoms with van der Waals surface area (Å²) in [6.45, 7) is 3.71. The number of nitrogens with zero attached hydrogens (tertiary/aromatic N) is 5. The Morgan fingerprint density at radius 3 is 2.76 bits per heavy atom. The maximum absolute atomic E-state index is 12.3. The number of nitrogens with one attached hydrogen (secondary N) is 1. The average Bonchev–Trinajstić information content (AvgIpc) is 3.54. The van der Waals surface area contributed by atoms with Gasteiger partial charge in [-0.3, -0.25) is 9.39 Å². The molecule has 1 aromatic carbocycles. The van der Waals surface area contributed by atoms with Crippen LogP contribution in [0.2, 0.25) is 0 Å². The van der Waals surface area contributed by atoms with Crippen molar-refractivity contribution < 1.29 is 14.6 Å². The molecule has 34 heavy (non-hydrogen) atoms. The van der Waals surface area contributed by atoms with Crippen molar-refractivity contribution in [2.24, 2.45) is 4.99 Å². The number of aromatic nitrogens is 3. The molecule has 0 amide bonds. The largest absolute Gasteiger partial charge is 0.477 e. The molecule has 3 aromatic heterocycles. The van der Waals surface area contributed by atoms with Crippen LogP contribution < -0.4 is 10.2 Å². The highest BCUT2D eigenvalue weighted by atomic mass is 16.5. The number of morpholine rings is 1. The molecule has 0 atom stereocenters. The molecule has 9 heteroatoms. The van der Waals surface area contributed by atoms with Crippen LogP contribution in [0.15, 0.2) is 60.0 Å². The van der Waals surface area contributed by atoms with Crippen molar-refractivity contribution in [3.05, 3.63) is 71.8 Å². The molecule has 1 fully saturated rings. The number of benzene rings is 1. The Labute approximate surface area is 195 Å². The minimum absolute atomic E-state index is 0.160. The van der Waals surface area contributed by atoms with Gasteiger partial charge in [-0.2, -0.15) is 0 Å². The van der Waals surface area contributed by atoms with E-state index in [4.69, 9.17) is 4.74 Å². The number of fused-ring (bicyclic) bond motifs is 2. The van der Waals surface area contributed by atoms with Gasteiger partial charge >= 0.3 is 5.97 Å². The molecule has 2 aliphatic heterocycles. The molecular formula is C25H22N6O3. The third-order valence-corrected chi connectivity index (χ3v) is 6.20. The first-order valence-electron chi connectivity index (χ1n) is 11.1. The highest BCUT2D eigenvalue weighted by molar-refractivity contribution is 5.98. The zero-order valence-electron chi connectivity index (χ0n) is 18.3. The Bertz CT molecular complexity index is 1420. The third-order valence-electron chi connectivity index (χ3n) is 6.20. The molecule has 0 spiro atoms. The smallest absolute Gasteiger partial charge is 0.353 e.